The van der Waals surface area contributed by atoms with Crippen LogP contribution >= 0.6 is 27.5 Å². The average molecular weight is 354 g/mol. The first-order chi connectivity index (χ1) is 9.65. The highest BCUT2D eigenvalue weighted by atomic mass is 79.9. The molecule has 0 aromatic heterocycles. The Kier molecular flexibility index (Phi) is 3.68. The Morgan fingerprint density at radius 3 is 2.30 bits per heavy atom. The normalized spacial score (nSPS) is 13.1. The molecule has 3 nitrogen and oxygen atoms in total. The lowest BCUT2D eigenvalue weighted by atomic mass is 10.0. The summed E-state index contributed by atoms with van der Waals surface area (Å²) in [6.07, 6.45) is 0. The molecule has 1 aliphatic rings. The zero-order valence-corrected chi connectivity index (χ0v) is 12.7. The maximum Gasteiger partial charge on any atom is 0.194 e. The minimum Gasteiger partial charge on any atom is -0.486 e. The van der Waals surface area contributed by atoms with Crippen LogP contribution in [0, 0.1) is 0 Å². The molecular weight excluding hydrogens is 344 g/mol. The largest absolute Gasteiger partial charge is 0.486 e. The van der Waals surface area contributed by atoms with Crippen LogP contribution in [-0.4, -0.2) is 19.0 Å². The summed E-state index contributed by atoms with van der Waals surface area (Å²) in [6, 6.07) is 10.4. The Morgan fingerprint density at radius 1 is 1.05 bits per heavy atom. The molecule has 0 bridgehead atoms. The fourth-order valence-electron chi connectivity index (χ4n) is 1.99. The van der Waals surface area contributed by atoms with Gasteiger partial charge in [0.05, 0.1) is 5.02 Å². The van der Waals surface area contributed by atoms with Crippen LogP contribution in [0.25, 0.3) is 0 Å². The van der Waals surface area contributed by atoms with Gasteiger partial charge in [-0.05, 0) is 30.3 Å². The van der Waals surface area contributed by atoms with Crippen molar-refractivity contribution in [2.24, 2.45) is 0 Å². The van der Waals surface area contributed by atoms with Crippen molar-refractivity contribution in [3.8, 4) is 11.5 Å². The molecule has 3 rings (SSSR count). The molecule has 0 amide bonds. The molecule has 2 aromatic carbocycles. The third kappa shape index (κ3) is 2.53. The molecule has 102 valence electrons. The van der Waals surface area contributed by atoms with Crippen LogP contribution in [0.2, 0.25) is 5.02 Å². The van der Waals surface area contributed by atoms with E-state index in [-0.39, 0.29) is 5.78 Å². The van der Waals surface area contributed by atoms with Crippen molar-refractivity contribution in [2.75, 3.05) is 13.2 Å². The van der Waals surface area contributed by atoms with Gasteiger partial charge < -0.3 is 9.47 Å². The summed E-state index contributed by atoms with van der Waals surface area (Å²) in [5.41, 5.74) is 0.991. The third-order valence-electron chi connectivity index (χ3n) is 2.98. The highest BCUT2D eigenvalue weighted by Gasteiger charge is 2.19. The quantitative estimate of drug-likeness (QED) is 0.762. The standard InChI is InChI=1S/C15H10BrClO3/c16-10-3-1-9(2-4-10)15(18)11-7-13-14(8-12(11)17)20-6-5-19-13/h1-4,7-8H,5-6H2. The predicted molar refractivity (Wildman–Crippen MR) is 80.0 cm³/mol. The maximum atomic E-state index is 12.5. The van der Waals surface area contributed by atoms with E-state index in [9.17, 15) is 4.79 Å². The van der Waals surface area contributed by atoms with Gasteiger partial charge >= 0.3 is 0 Å². The Labute approximate surface area is 129 Å². The number of hydrogen-bond acceptors (Lipinski definition) is 3. The number of halogens is 2. The Bertz CT molecular complexity index is 668. The van der Waals surface area contributed by atoms with E-state index in [0.717, 1.165) is 4.47 Å². The fraction of sp³-hybridized carbons (Fsp3) is 0.133. The van der Waals surface area contributed by atoms with Crippen LogP contribution in [0.4, 0.5) is 0 Å². The highest BCUT2D eigenvalue weighted by Crippen LogP contribution is 2.36. The SMILES string of the molecule is O=C(c1ccc(Br)cc1)c1cc2c(cc1Cl)OCCO2. The molecule has 0 saturated heterocycles. The number of benzene rings is 2. The van der Waals surface area contributed by atoms with Crippen LogP contribution in [0.5, 0.6) is 11.5 Å². The Morgan fingerprint density at radius 2 is 1.65 bits per heavy atom. The topological polar surface area (TPSA) is 35.5 Å². The van der Waals surface area contributed by atoms with Gasteiger partial charge in [0, 0.05) is 21.7 Å². The fourth-order valence-corrected chi connectivity index (χ4v) is 2.50. The summed E-state index contributed by atoms with van der Waals surface area (Å²) >= 11 is 9.51. The molecule has 5 heteroatoms. The number of ether oxygens (including phenoxy) is 2. The van der Waals surface area contributed by atoms with Gasteiger partial charge in [-0.25, -0.2) is 0 Å². The molecular formula is C15H10BrClO3. The lowest BCUT2D eigenvalue weighted by Crippen LogP contribution is -2.16. The molecule has 1 heterocycles. The predicted octanol–water partition coefficient (Wildman–Crippen LogP) is 4.10. The maximum absolute atomic E-state index is 12.5. The molecule has 0 unspecified atom stereocenters. The summed E-state index contributed by atoms with van der Waals surface area (Å²) in [7, 11) is 0. The van der Waals surface area contributed by atoms with E-state index in [2.05, 4.69) is 15.9 Å². The molecule has 0 aliphatic carbocycles. The summed E-state index contributed by atoms with van der Waals surface area (Å²) in [5.74, 6) is 0.995. The average Bonchev–Trinajstić information content (AvgIpc) is 2.46. The van der Waals surface area contributed by atoms with E-state index in [1.54, 1.807) is 24.3 Å². The summed E-state index contributed by atoms with van der Waals surface area (Å²) < 4.78 is 11.8. The molecule has 0 saturated carbocycles. The van der Waals surface area contributed by atoms with E-state index in [0.29, 0.717) is 40.9 Å². The van der Waals surface area contributed by atoms with Gasteiger partial charge in [0.25, 0.3) is 0 Å². The number of carbonyl (C=O) groups excluding carboxylic acids is 1. The van der Waals surface area contributed by atoms with Crippen molar-refractivity contribution in [2.45, 2.75) is 0 Å². The van der Waals surface area contributed by atoms with Crippen molar-refractivity contribution in [1.29, 1.82) is 0 Å². The van der Waals surface area contributed by atoms with Crippen molar-refractivity contribution >= 4 is 33.3 Å². The van der Waals surface area contributed by atoms with E-state index < -0.39 is 0 Å². The molecule has 0 spiro atoms. The molecule has 0 radical (unpaired) electrons. The minimum absolute atomic E-state index is 0.139. The van der Waals surface area contributed by atoms with Gasteiger partial charge in [-0.3, -0.25) is 4.79 Å². The van der Waals surface area contributed by atoms with E-state index >= 15 is 0 Å². The zero-order chi connectivity index (χ0) is 14.1. The van der Waals surface area contributed by atoms with E-state index in [1.165, 1.54) is 0 Å². The number of hydrogen-bond donors (Lipinski definition) is 0. The van der Waals surface area contributed by atoms with Gasteiger partial charge in [0.2, 0.25) is 0 Å². The first kappa shape index (κ1) is 13.5. The summed E-state index contributed by atoms with van der Waals surface area (Å²) in [5, 5.41) is 0.363. The minimum atomic E-state index is -0.139. The molecule has 20 heavy (non-hydrogen) atoms. The molecule has 1 aliphatic heterocycles. The van der Waals surface area contributed by atoms with Crippen LogP contribution in [0.15, 0.2) is 40.9 Å². The van der Waals surface area contributed by atoms with Crippen molar-refractivity contribution in [3.63, 3.8) is 0 Å². The van der Waals surface area contributed by atoms with Gasteiger partial charge in [0.15, 0.2) is 17.3 Å². The van der Waals surface area contributed by atoms with Crippen LogP contribution < -0.4 is 9.47 Å². The molecule has 0 N–H and O–H groups in total. The Balaban J connectivity index is 2.01. The number of rotatable bonds is 2. The van der Waals surface area contributed by atoms with Gasteiger partial charge in [-0.2, -0.15) is 0 Å². The number of ketones is 1. The van der Waals surface area contributed by atoms with Crippen LogP contribution in [0.3, 0.4) is 0 Å². The van der Waals surface area contributed by atoms with Gasteiger partial charge in [0.1, 0.15) is 13.2 Å². The van der Waals surface area contributed by atoms with E-state index in [4.69, 9.17) is 21.1 Å². The van der Waals surface area contributed by atoms with Crippen molar-refractivity contribution < 1.29 is 14.3 Å². The van der Waals surface area contributed by atoms with E-state index in [1.807, 2.05) is 12.1 Å². The zero-order valence-electron chi connectivity index (χ0n) is 10.4. The number of carbonyl (C=O) groups is 1. The van der Waals surface area contributed by atoms with Gasteiger partial charge in [-0.1, -0.05) is 27.5 Å². The third-order valence-corrected chi connectivity index (χ3v) is 3.82. The number of fused-ring (bicyclic) bond motifs is 1. The van der Waals surface area contributed by atoms with Crippen LogP contribution in [0.1, 0.15) is 15.9 Å². The van der Waals surface area contributed by atoms with Crippen molar-refractivity contribution in [3.05, 3.63) is 57.0 Å². The first-order valence-corrected chi connectivity index (χ1v) is 7.21. The lowest BCUT2D eigenvalue weighted by molar-refractivity contribution is 0.103. The smallest absolute Gasteiger partial charge is 0.194 e. The summed E-state index contributed by atoms with van der Waals surface area (Å²) in [4.78, 5) is 12.5. The summed E-state index contributed by atoms with van der Waals surface area (Å²) in [6.45, 7) is 0.962. The second-order valence-electron chi connectivity index (χ2n) is 4.31. The highest BCUT2D eigenvalue weighted by molar-refractivity contribution is 9.10. The second kappa shape index (κ2) is 5.46. The Hall–Kier alpha value is -1.52. The first-order valence-electron chi connectivity index (χ1n) is 6.04. The molecule has 0 atom stereocenters. The van der Waals surface area contributed by atoms with Gasteiger partial charge in [-0.15, -0.1) is 0 Å². The van der Waals surface area contributed by atoms with Crippen LogP contribution in [-0.2, 0) is 0 Å². The molecule has 2 aromatic rings. The molecule has 0 fully saturated rings. The monoisotopic (exact) mass is 352 g/mol. The van der Waals surface area contributed by atoms with Crippen molar-refractivity contribution in [1.82, 2.24) is 0 Å². The lowest BCUT2D eigenvalue weighted by Gasteiger charge is -2.19. The second-order valence-corrected chi connectivity index (χ2v) is 5.63.